The van der Waals surface area contributed by atoms with Gasteiger partial charge in [-0.2, -0.15) is 0 Å². The molecule has 2 rings (SSSR count). The van der Waals surface area contributed by atoms with Crippen molar-refractivity contribution in [3.8, 4) is 5.75 Å². The van der Waals surface area contributed by atoms with E-state index in [-0.39, 0.29) is 37.9 Å². The normalized spacial score (nSPS) is 17.8. The molecule has 0 radical (unpaired) electrons. The molecule has 190 valence electrons. The van der Waals surface area contributed by atoms with Gasteiger partial charge in [0.2, 0.25) is 5.90 Å². The Labute approximate surface area is 202 Å². The molecular weight excluding hydrogens is 438 g/mol. The van der Waals surface area contributed by atoms with Crippen molar-refractivity contribution < 1.29 is 28.9 Å². The maximum Gasteiger partial charge on any atom is 0.306 e. The Morgan fingerprint density at radius 1 is 1.21 bits per heavy atom. The van der Waals surface area contributed by atoms with Crippen LogP contribution >= 0.6 is 0 Å². The molecule has 1 aromatic carbocycles. The van der Waals surface area contributed by atoms with E-state index in [0.717, 1.165) is 13.0 Å². The Morgan fingerprint density at radius 2 is 1.91 bits per heavy atom. The second kappa shape index (κ2) is 12.7. The fourth-order valence-corrected chi connectivity index (χ4v) is 3.36. The summed E-state index contributed by atoms with van der Waals surface area (Å²) in [6.45, 7) is 7.34. The van der Waals surface area contributed by atoms with Crippen molar-refractivity contribution in [1.82, 2.24) is 10.2 Å². The van der Waals surface area contributed by atoms with Gasteiger partial charge in [0.15, 0.2) is 5.54 Å². The van der Waals surface area contributed by atoms with Gasteiger partial charge in [0.25, 0.3) is 5.91 Å². The number of hydrogen-bond donors (Lipinski definition) is 2. The molecule has 0 saturated carbocycles. The standard InChI is InChI=1S/C25H39N3O6/c1-24(2,3)34-21(30)12-13-25(23(31)26-14-6-15-28(4)5)18-33-22(27-25)19-8-10-20(11-9-19)32-17-7-16-29/h8-11,29H,6-7,12-18H2,1-5H3,(H,26,31)/t25-/m1/s1. The van der Waals surface area contributed by atoms with Gasteiger partial charge in [0.05, 0.1) is 6.61 Å². The first-order valence-electron chi connectivity index (χ1n) is 11.8. The number of carbonyl (C=O) groups is 2. The molecule has 0 unspecified atom stereocenters. The highest BCUT2D eigenvalue weighted by molar-refractivity contribution is 6.00. The predicted octanol–water partition coefficient (Wildman–Crippen LogP) is 2.15. The Bertz CT molecular complexity index is 832. The number of ether oxygens (including phenoxy) is 3. The summed E-state index contributed by atoms with van der Waals surface area (Å²) >= 11 is 0. The van der Waals surface area contributed by atoms with Gasteiger partial charge in [0, 0.05) is 31.6 Å². The quantitative estimate of drug-likeness (QED) is 0.331. The molecule has 1 atom stereocenters. The van der Waals surface area contributed by atoms with Gasteiger partial charge in [-0.3, -0.25) is 9.59 Å². The summed E-state index contributed by atoms with van der Waals surface area (Å²) in [5, 5.41) is 11.8. The minimum Gasteiger partial charge on any atom is -0.494 e. The largest absolute Gasteiger partial charge is 0.494 e. The molecule has 0 saturated heterocycles. The highest BCUT2D eigenvalue weighted by Crippen LogP contribution is 2.28. The molecule has 1 aromatic rings. The summed E-state index contributed by atoms with van der Waals surface area (Å²) in [6.07, 6.45) is 1.60. The third-order valence-corrected chi connectivity index (χ3v) is 5.09. The van der Waals surface area contributed by atoms with E-state index in [1.807, 2.05) is 47.0 Å². The van der Waals surface area contributed by atoms with Gasteiger partial charge < -0.3 is 29.5 Å². The van der Waals surface area contributed by atoms with Crippen molar-refractivity contribution in [2.45, 2.75) is 57.6 Å². The average Bonchev–Trinajstić information content (AvgIpc) is 3.20. The summed E-state index contributed by atoms with van der Waals surface area (Å²) in [7, 11) is 3.96. The number of aliphatic hydroxyl groups excluding tert-OH is 1. The Morgan fingerprint density at radius 3 is 2.53 bits per heavy atom. The Kier molecular flexibility index (Phi) is 10.3. The lowest BCUT2D eigenvalue weighted by Crippen LogP contribution is -2.47. The van der Waals surface area contributed by atoms with E-state index in [0.29, 0.717) is 36.8 Å². The smallest absolute Gasteiger partial charge is 0.306 e. The van der Waals surface area contributed by atoms with Crippen LogP contribution in [-0.4, -0.2) is 85.9 Å². The number of hydrogen-bond acceptors (Lipinski definition) is 8. The monoisotopic (exact) mass is 477 g/mol. The first-order chi connectivity index (χ1) is 16.0. The van der Waals surface area contributed by atoms with Crippen LogP contribution in [0.5, 0.6) is 5.75 Å². The molecule has 9 heteroatoms. The summed E-state index contributed by atoms with van der Waals surface area (Å²) in [4.78, 5) is 32.2. The summed E-state index contributed by atoms with van der Waals surface area (Å²) < 4.78 is 16.8. The van der Waals surface area contributed by atoms with Crippen LogP contribution in [0.4, 0.5) is 0 Å². The van der Waals surface area contributed by atoms with Crippen molar-refractivity contribution in [2.75, 3.05) is 47.0 Å². The topological polar surface area (TPSA) is 110 Å². The van der Waals surface area contributed by atoms with Crippen LogP contribution in [0, 0.1) is 0 Å². The zero-order valence-electron chi connectivity index (χ0n) is 21.1. The van der Waals surface area contributed by atoms with Crippen LogP contribution in [0.25, 0.3) is 0 Å². The summed E-state index contributed by atoms with van der Waals surface area (Å²) in [5.74, 6) is 0.397. The molecule has 1 aliphatic heterocycles. The first-order valence-corrected chi connectivity index (χ1v) is 11.8. The lowest BCUT2D eigenvalue weighted by Gasteiger charge is -2.24. The number of rotatable bonds is 13. The van der Waals surface area contributed by atoms with E-state index in [9.17, 15) is 9.59 Å². The zero-order valence-corrected chi connectivity index (χ0v) is 21.1. The van der Waals surface area contributed by atoms with Crippen LogP contribution in [0.3, 0.4) is 0 Å². The summed E-state index contributed by atoms with van der Waals surface area (Å²) in [6, 6.07) is 7.21. The second-order valence-electron chi connectivity index (χ2n) is 9.69. The van der Waals surface area contributed by atoms with Crippen molar-refractivity contribution in [1.29, 1.82) is 0 Å². The fourth-order valence-electron chi connectivity index (χ4n) is 3.36. The minimum absolute atomic E-state index is 0.0550. The third-order valence-electron chi connectivity index (χ3n) is 5.09. The molecule has 0 spiro atoms. The summed E-state index contributed by atoms with van der Waals surface area (Å²) in [5.41, 5.74) is -1.07. The van der Waals surface area contributed by atoms with E-state index in [1.165, 1.54) is 0 Å². The number of nitrogens with one attached hydrogen (secondary N) is 1. The van der Waals surface area contributed by atoms with Crippen molar-refractivity contribution in [3.63, 3.8) is 0 Å². The van der Waals surface area contributed by atoms with Crippen LogP contribution in [0.2, 0.25) is 0 Å². The number of aliphatic hydroxyl groups is 1. The van der Waals surface area contributed by atoms with Crippen LogP contribution < -0.4 is 10.1 Å². The highest BCUT2D eigenvalue weighted by Gasteiger charge is 2.44. The number of carbonyl (C=O) groups excluding carboxylic acids is 2. The lowest BCUT2D eigenvalue weighted by molar-refractivity contribution is -0.155. The van der Waals surface area contributed by atoms with E-state index < -0.39 is 11.1 Å². The van der Waals surface area contributed by atoms with Crippen LogP contribution in [0.15, 0.2) is 29.3 Å². The molecule has 1 aliphatic rings. The number of esters is 1. The van der Waals surface area contributed by atoms with Crippen LogP contribution in [0.1, 0.15) is 52.0 Å². The molecule has 2 N–H and O–H groups in total. The van der Waals surface area contributed by atoms with Gasteiger partial charge in [0.1, 0.15) is 18.0 Å². The van der Waals surface area contributed by atoms with Crippen molar-refractivity contribution in [3.05, 3.63) is 29.8 Å². The molecule has 34 heavy (non-hydrogen) atoms. The maximum absolute atomic E-state index is 13.2. The average molecular weight is 478 g/mol. The number of aliphatic imine (C=N–C) groups is 1. The van der Waals surface area contributed by atoms with E-state index >= 15 is 0 Å². The zero-order chi connectivity index (χ0) is 25.2. The van der Waals surface area contributed by atoms with Gasteiger partial charge in [-0.25, -0.2) is 4.99 Å². The number of benzene rings is 1. The SMILES string of the molecule is CN(C)CCCNC(=O)[C@@]1(CCC(=O)OC(C)(C)C)COC(c2ccc(OCCCO)cc2)=N1. The molecule has 0 aliphatic carbocycles. The number of amides is 1. The van der Waals surface area contributed by atoms with Gasteiger partial charge in [-0.05, 0) is 78.5 Å². The molecule has 1 heterocycles. The Balaban J connectivity index is 2.13. The molecule has 0 bridgehead atoms. The van der Waals surface area contributed by atoms with E-state index in [2.05, 4.69) is 15.2 Å². The molecule has 0 fully saturated rings. The van der Waals surface area contributed by atoms with Crippen molar-refractivity contribution in [2.24, 2.45) is 4.99 Å². The van der Waals surface area contributed by atoms with E-state index in [4.69, 9.17) is 19.3 Å². The second-order valence-corrected chi connectivity index (χ2v) is 9.69. The molecule has 1 amide bonds. The molecule has 9 nitrogen and oxygen atoms in total. The number of nitrogens with zero attached hydrogens (tertiary/aromatic N) is 2. The molecular formula is C25H39N3O6. The van der Waals surface area contributed by atoms with Gasteiger partial charge in [-0.1, -0.05) is 0 Å². The maximum atomic E-state index is 13.2. The Hall–Kier alpha value is -2.65. The highest BCUT2D eigenvalue weighted by atomic mass is 16.6. The molecule has 0 aromatic heterocycles. The van der Waals surface area contributed by atoms with E-state index in [1.54, 1.807) is 12.1 Å². The minimum atomic E-state index is -1.19. The predicted molar refractivity (Wildman–Crippen MR) is 130 cm³/mol. The lowest BCUT2D eigenvalue weighted by atomic mass is 9.94. The fraction of sp³-hybridized carbons (Fsp3) is 0.640. The van der Waals surface area contributed by atoms with Crippen LogP contribution in [-0.2, 0) is 19.1 Å². The van der Waals surface area contributed by atoms with Crippen molar-refractivity contribution >= 4 is 17.8 Å². The first kappa shape index (κ1) is 27.6. The van der Waals surface area contributed by atoms with Gasteiger partial charge >= 0.3 is 5.97 Å². The third kappa shape index (κ3) is 8.95. The van der Waals surface area contributed by atoms with Gasteiger partial charge in [-0.15, -0.1) is 0 Å².